The highest BCUT2D eigenvalue weighted by atomic mass is 79.9. The zero-order valence-electron chi connectivity index (χ0n) is 13.3. The van der Waals surface area contributed by atoms with Crippen molar-refractivity contribution in [1.82, 2.24) is 15.1 Å². The Hall–Kier alpha value is -1.13. The van der Waals surface area contributed by atoms with Crippen LogP contribution in [0.3, 0.4) is 0 Å². The number of hydrogen-bond acceptors (Lipinski definition) is 2. The van der Waals surface area contributed by atoms with Crippen molar-refractivity contribution in [3.05, 3.63) is 45.7 Å². The van der Waals surface area contributed by atoms with Crippen LogP contribution in [0.25, 0.3) is 5.69 Å². The molecule has 21 heavy (non-hydrogen) atoms. The third-order valence-corrected chi connectivity index (χ3v) is 4.40. The lowest BCUT2D eigenvalue weighted by atomic mass is 10.1. The largest absolute Gasteiger partial charge is 0.310 e. The Kier molecular flexibility index (Phi) is 5.59. The van der Waals surface area contributed by atoms with Crippen molar-refractivity contribution in [2.45, 2.75) is 46.6 Å². The Labute approximate surface area is 135 Å². The summed E-state index contributed by atoms with van der Waals surface area (Å²) in [6.07, 6.45) is 1.95. The maximum Gasteiger partial charge on any atom is 0.0791 e. The summed E-state index contributed by atoms with van der Waals surface area (Å²) in [6, 6.07) is 9.07. The normalized spacial score (nSPS) is 12.6. The molecule has 0 spiro atoms. The summed E-state index contributed by atoms with van der Waals surface area (Å²) in [5, 5.41) is 8.15. The molecule has 3 nitrogen and oxygen atoms in total. The number of nitrogens with one attached hydrogen (secondary N) is 1. The number of nitrogens with zero attached hydrogens (tertiary/aromatic N) is 2. The molecule has 4 heteroatoms. The minimum atomic E-state index is 0.356. The van der Waals surface area contributed by atoms with E-state index in [1.54, 1.807) is 0 Å². The van der Waals surface area contributed by atoms with Crippen LogP contribution in [0.15, 0.2) is 28.7 Å². The Morgan fingerprint density at radius 1 is 1.19 bits per heavy atom. The van der Waals surface area contributed by atoms with Crippen molar-refractivity contribution < 1.29 is 0 Å². The molecule has 2 aromatic rings. The van der Waals surface area contributed by atoms with Gasteiger partial charge in [-0.2, -0.15) is 5.10 Å². The fourth-order valence-corrected chi connectivity index (χ4v) is 3.06. The maximum atomic E-state index is 4.71. The van der Waals surface area contributed by atoms with Gasteiger partial charge < -0.3 is 5.32 Å². The zero-order chi connectivity index (χ0) is 15.4. The molecular weight excluding hydrogens is 326 g/mol. The van der Waals surface area contributed by atoms with E-state index in [1.165, 1.54) is 11.3 Å². The molecule has 0 saturated heterocycles. The summed E-state index contributed by atoms with van der Waals surface area (Å²) in [7, 11) is 0. The van der Waals surface area contributed by atoms with Gasteiger partial charge in [-0.25, -0.2) is 4.68 Å². The lowest BCUT2D eigenvalue weighted by Gasteiger charge is -2.15. The van der Waals surface area contributed by atoms with E-state index in [0.29, 0.717) is 6.04 Å². The van der Waals surface area contributed by atoms with Gasteiger partial charge in [0.1, 0.15) is 0 Å². The van der Waals surface area contributed by atoms with Crippen LogP contribution in [0.1, 0.15) is 50.7 Å². The van der Waals surface area contributed by atoms with Gasteiger partial charge in [-0.1, -0.05) is 26.8 Å². The highest BCUT2D eigenvalue weighted by Crippen LogP contribution is 2.26. The molecule has 1 N–H and O–H groups in total. The molecule has 1 unspecified atom stereocenters. The molecule has 2 rings (SSSR count). The van der Waals surface area contributed by atoms with Crippen molar-refractivity contribution in [2.75, 3.05) is 6.54 Å². The fourth-order valence-electron chi connectivity index (χ4n) is 2.50. The van der Waals surface area contributed by atoms with Crippen LogP contribution in [0.5, 0.6) is 0 Å². The van der Waals surface area contributed by atoms with Crippen molar-refractivity contribution >= 4 is 15.9 Å². The van der Waals surface area contributed by atoms with Gasteiger partial charge in [-0.3, -0.25) is 0 Å². The van der Waals surface area contributed by atoms with Gasteiger partial charge in [0, 0.05) is 16.2 Å². The van der Waals surface area contributed by atoms with Gasteiger partial charge in [0.25, 0.3) is 0 Å². The molecule has 0 aliphatic rings. The lowest BCUT2D eigenvalue weighted by Crippen LogP contribution is -2.17. The molecule has 114 valence electrons. The summed E-state index contributed by atoms with van der Waals surface area (Å²) >= 11 is 3.71. The zero-order valence-corrected chi connectivity index (χ0v) is 14.9. The second kappa shape index (κ2) is 7.23. The number of aryl methyl sites for hydroxylation is 2. The minimum absolute atomic E-state index is 0.356. The first-order chi connectivity index (χ1) is 10.1. The summed E-state index contributed by atoms with van der Waals surface area (Å²) in [4.78, 5) is 0. The minimum Gasteiger partial charge on any atom is -0.310 e. The average molecular weight is 350 g/mol. The van der Waals surface area contributed by atoms with Crippen molar-refractivity contribution in [3.8, 4) is 5.69 Å². The molecule has 0 aliphatic carbocycles. The summed E-state index contributed by atoms with van der Waals surface area (Å²) in [6.45, 7) is 9.60. The van der Waals surface area contributed by atoms with Crippen molar-refractivity contribution in [2.24, 2.45) is 0 Å². The quantitative estimate of drug-likeness (QED) is 0.835. The van der Waals surface area contributed by atoms with E-state index in [2.05, 4.69) is 77.9 Å². The van der Waals surface area contributed by atoms with Gasteiger partial charge in [0.05, 0.1) is 11.4 Å². The molecule has 0 bridgehead atoms. The van der Waals surface area contributed by atoms with E-state index >= 15 is 0 Å². The molecule has 0 fully saturated rings. The average Bonchev–Trinajstić information content (AvgIpc) is 2.90. The number of hydrogen-bond donors (Lipinski definition) is 1. The molecule has 0 radical (unpaired) electrons. The highest BCUT2D eigenvalue weighted by molar-refractivity contribution is 9.10. The van der Waals surface area contributed by atoms with E-state index in [9.17, 15) is 0 Å². The molecule has 0 amide bonds. The second-order valence-corrected chi connectivity index (χ2v) is 6.09. The van der Waals surface area contributed by atoms with Gasteiger partial charge >= 0.3 is 0 Å². The van der Waals surface area contributed by atoms with E-state index in [1.807, 2.05) is 0 Å². The molecule has 1 atom stereocenters. The lowest BCUT2D eigenvalue weighted by molar-refractivity contribution is 0.597. The predicted molar refractivity (Wildman–Crippen MR) is 92.1 cm³/mol. The number of benzene rings is 1. The fraction of sp³-hybridized carbons (Fsp3) is 0.471. The van der Waals surface area contributed by atoms with Gasteiger partial charge in [0.15, 0.2) is 0 Å². The molecule has 0 saturated carbocycles. The summed E-state index contributed by atoms with van der Waals surface area (Å²) in [5.41, 5.74) is 4.79. The maximum absolute atomic E-state index is 4.71. The smallest absolute Gasteiger partial charge is 0.0791 e. The van der Waals surface area contributed by atoms with Crippen LogP contribution < -0.4 is 5.32 Å². The number of halogens is 1. The first kappa shape index (κ1) is 16.2. The third-order valence-electron chi connectivity index (χ3n) is 3.77. The Morgan fingerprint density at radius 2 is 1.95 bits per heavy atom. The van der Waals surface area contributed by atoms with Gasteiger partial charge in [-0.15, -0.1) is 0 Å². The van der Waals surface area contributed by atoms with Crippen LogP contribution in [-0.4, -0.2) is 16.3 Å². The number of rotatable bonds is 6. The molecule has 0 aliphatic heterocycles. The van der Waals surface area contributed by atoms with Gasteiger partial charge in [-0.05, 0) is 66.0 Å². The van der Waals surface area contributed by atoms with Crippen LogP contribution in [0.2, 0.25) is 0 Å². The van der Waals surface area contributed by atoms with Crippen LogP contribution in [0.4, 0.5) is 0 Å². The molecule has 1 aromatic carbocycles. The standard InChI is InChI=1S/C17H24BrN3/c1-5-14-11-15(6-2)21(20-14)17-9-8-13(10-16(17)18)12(4)19-7-3/h8-12,19H,5-7H2,1-4H3. The van der Waals surface area contributed by atoms with Crippen LogP contribution in [0, 0.1) is 0 Å². The van der Waals surface area contributed by atoms with Crippen molar-refractivity contribution in [1.29, 1.82) is 0 Å². The molecule has 1 heterocycles. The first-order valence-corrected chi connectivity index (χ1v) is 8.50. The van der Waals surface area contributed by atoms with Crippen LogP contribution in [-0.2, 0) is 12.8 Å². The molecule has 1 aromatic heterocycles. The van der Waals surface area contributed by atoms with Crippen molar-refractivity contribution in [3.63, 3.8) is 0 Å². The van der Waals surface area contributed by atoms with E-state index in [4.69, 9.17) is 5.10 Å². The summed E-state index contributed by atoms with van der Waals surface area (Å²) in [5.74, 6) is 0. The predicted octanol–water partition coefficient (Wildman–Crippen LogP) is 4.43. The topological polar surface area (TPSA) is 29.9 Å². The number of aromatic nitrogens is 2. The van der Waals surface area contributed by atoms with Gasteiger partial charge in [0.2, 0.25) is 0 Å². The SMILES string of the molecule is CCNC(C)c1ccc(-n2nc(CC)cc2CC)c(Br)c1. The monoisotopic (exact) mass is 349 g/mol. The Bertz CT molecular complexity index is 604. The summed E-state index contributed by atoms with van der Waals surface area (Å²) < 4.78 is 3.15. The Balaban J connectivity index is 2.39. The van der Waals surface area contributed by atoms with E-state index in [0.717, 1.165) is 35.2 Å². The van der Waals surface area contributed by atoms with E-state index in [-0.39, 0.29) is 0 Å². The second-order valence-electron chi connectivity index (χ2n) is 5.24. The Morgan fingerprint density at radius 3 is 2.52 bits per heavy atom. The first-order valence-electron chi connectivity index (χ1n) is 7.71. The van der Waals surface area contributed by atoms with Crippen LogP contribution >= 0.6 is 15.9 Å². The third kappa shape index (κ3) is 3.55. The highest BCUT2D eigenvalue weighted by Gasteiger charge is 2.12. The molecular formula is C17H24BrN3. The van der Waals surface area contributed by atoms with E-state index < -0.39 is 0 Å².